The molecule has 0 radical (unpaired) electrons. The minimum Gasteiger partial charge on any atom is -0.507 e. The minimum absolute atomic E-state index is 0.0117. The molecule has 1 aliphatic rings. The zero-order valence-corrected chi connectivity index (χ0v) is 20.3. The number of likely N-dealkylation sites (tertiary alicyclic amines) is 1. The van der Waals surface area contributed by atoms with E-state index in [4.69, 9.17) is 20.8 Å². The van der Waals surface area contributed by atoms with Crippen LogP contribution in [0.3, 0.4) is 0 Å². The quantitative estimate of drug-likeness (QED) is 0.158. The molecule has 1 aromatic heterocycles. The van der Waals surface area contributed by atoms with Crippen LogP contribution in [0.1, 0.15) is 49.1 Å². The van der Waals surface area contributed by atoms with Crippen LogP contribution >= 0.6 is 11.6 Å². The summed E-state index contributed by atoms with van der Waals surface area (Å²) in [5, 5.41) is 11.8. The maximum absolute atomic E-state index is 13.1. The molecule has 0 spiro atoms. The highest BCUT2D eigenvalue weighted by molar-refractivity contribution is 6.46. The Bertz CT molecular complexity index is 1180. The predicted octanol–water partition coefficient (Wildman–Crippen LogP) is 6.17. The molecule has 182 valence electrons. The maximum Gasteiger partial charge on any atom is 0.295 e. The van der Waals surface area contributed by atoms with Crippen LogP contribution in [0.25, 0.3) is 5.76 Å². The van der Waals surface area contributed by atoms with Crippen molar-refractivity contribution in [3.8, 4) is 5.75 Å². The van der Waals surface area contributed by atoms with E-state index < -0.39 is 17.7 Å². The van der Waals surface area contributed by atoms with Crippen LogP contribution in [0.4, 0.5) is 0 Å². The summed E-state index contributed by atoms with van der Waals surface area (Å²) in [5.74, 6) is -0.546. The van der Waals surface area contributed by atoms with E-state index in [-0.39, 0.29) is 17.9 Å². The highest BCUT2D eigenvalue weighted by Crippen LogP contribution is 2.39. The van der Waals surface area contributed by atoms with Crippen molar-refractivity contribution in [2.75, 3.05) is 13.2 Å². The first-order valence-corrected chi connectivity index (χ1v) is 12.2. The van der Waals surface area contributed by atoms with Gasteiger partial charge in [0.2, 0.25) is 0 Å². The Kier molecular flexibility index (Phi) is 7.93. The van der Waals surface area contributed by atoms with Gasteiger partial charge < -0.3 is 19.2 Å². The molecule has 1 saturated heterocycles. The number of aliphatic hydroxyl groups is 1. The molecule has 1 unspecified atom stereocenters. The molecular formula is C28H28ClNO5. The molecule has 1 aliphatic heterocycles. The van der Waals surface area contributed by atoms with Gasteiger partial charge in [0.25, 0.3) is 11.7 Å². The molecule has 1 fully saturated rings. The van der Waals surface area contributed by atoms with E-state index in [0.29, 0.717) is 35.1 Å². The molecule has 0 bridgehead atoms. The molecule has 1 amide bonds. The Morgan fingerprint density at radius 2 is 1.80 bits per heavy atom. The molecule has 3 aromatic rings. The normalized spacial score (nSPS) is 17.2. The van der Waals surface area contributed by atoms with Crippen LogP contribution in [-0.4, -0.2) is 34.8 Å². The molecule has 4 rings (SSSR count). The number of furan rings is 1. The van der Waals surface area contributed by atoms with E-state index in [1.807, 2.05) is 12.1 Å². The van der Waals surface area contributed by atoms with Crippen molar-refractivity contribution in [3.63, 3.8) is 0 Å². The zero-order valence-electron chi connectivity index (χ0n) is 19.6. The van der Waals surface area contributed by atoms with Crippen molar-refractivity contribution in [3.05, 3.63) is 94.4 Å². The summed E-state index contributed by atoms with van der Waals surface area (Å²) < 4.78 is 11.3. The summed E-state index contributed by atoms with van der Waals surface area (Å²) in [4.78, 5) is 27.5. The largest absolute Gasteiger partial charge is 0.507 e. The fourth-order valence-electron chi connectivity index (χ4n) is 4.16. The average molecular weight is 494 g/mol. The van der Waals surface area contributed by atoms with E-state index in [2.05, 4.69) is 6.92 Å². The van der Waals surface area contributed by atoms with Crippen LogP contribution in [0.15, 0.2) is 76.9 Å². The average Bonchev–Trinajstić information content (AvgIpc) is 3.49. The predicted molar refractivity (Wildman–Crippen MR) is 134 cm³/mol. The van der Waals surface area contributed by atoms with Crippen molar-refractivity contribution in [1.29, 1.82) is 0 Å². The zero-order chi connectivity index (χ0) is 24.8. The third kappa shape index (κ3) is 5.60. The molecule has 2 heterocycles. The van der Waals surface area contributed by atoms with Crippen molar-refractivity contribution in [1.82, 2.24) is 4.90 Å². The number of Topliss-reactive ketones (excluding diaryl/α,β-unsaturated/α-hetero) is 1. The molecule has 1 atom stereocenters. The first kappa shape index (κ1) is 24.6. The summed E-state index contributed by atoms with van der Waals surface area (Å²) in [6, 6.07) is 16.8. The number of halogens is 1. The number of carbonyl (C=O) groups is 2. The Hall–Kier alpha value is -3.51. The van der Waals surface area contributed by atoms with E-state index in [1.54, 1.807) is 48.5 Å². The standard InChI is InChI=1S/C28H28ClNO5/c1-2-3-4-17-34-22-13-9-20(10-14-22)26(31)24-25(23-6-5-18-35-23)30(28(33)27(24)32)16-15-19-7-11-21(29)12-8-19/h5-14,18,25,31H,2-4,15-17H2,1H3/b26-24-. The summed E-state index contributed by atoms with van der Waals surface area (Å²) >= 11 is 5.97. The molecule has 6 nitrogen and oxygen atoms in total. The Morgan fingerprint density at radius 1 is 1.06 bits per heavy atom. The van der Waals surface area contributed by atoms with Gasteiger partial charge in [0, 0.05) is 17.1 Å². The van der Waals surface area contributed by atoms with Crippen molar-refractivity contribution >= 4 is 29.1 Å². The number of nitrogens with zero attached hydrogens (tertiary/aromatic N) is 1. The van der Waals surface area contributed by atoms with Crippen molar-refractivity contribution in [2.45, 2.75) is 38.6 Å². The number of benzene rings is 2. The van der Waals surface area contributed by atoms with Gasteiger partial charge in [-0.15, -0.1) is 0 Å². The van der Waals surface area contributed by atoms with Crippen molar-refractivity contribution < 1.29 is 23.8 Å². The number of rotatable bonds is 10. The number of unbranched alkanes of at least 4 members (excludes halogenated alkanes) is 2. The number of ether oxygens (including phenoxy) is 1. The van der Waals surface area contributed by atoms with Gasteiger partial charge in [0.15, 0.2) is 0 Å². The summed E-state index contributed by atoms with van der Waals surface area (Å²) in [7, 11) is 0. The SMILES string of the molecule is CCCCCOc1ccc(/C(O)=C2/C(=O)C(=O)N(CCc3ccc(Cl)cc3)C2c2ccco2)cc1. The van der Waals surface area contributed by atoms with Gasteiger partial charge in [-0.2, -0.15) is 0 Å². The fraction of sp³-hybridized carbons (Fsp3) is 0.286. The number of amides is 1. The van der Waals surface area contributed by atoms with Crippen LogP contribution in [0.5, 0.6) is 5.75 Å². The van der Waals surface area contributed by atoms with E-state index in [1.165, 1.54) is 11.2 Å². The van der Waals surface area contributed by atoms with E-state index >= 15 is 0 Å². The highest BCUT2D eigenvalue weighted by Gasteiger charge is 2.47. The van der Waals surface area contributed by atoms with Gasteiger partial charge in [0.05, 0.1) is 18.4 Å². The van der Waals surface area contributed by atoms with Gasteiger partial charge in [0.1, 0.15) is 23.3 Å². The molecule has 0 saturated carbocycles. The van der Waals surface area contributed by atoms with Gasteiger partial charge in [-0.25, -0.2) is 0 Å². The molecule has 1 N–H and O–H groups in total. The minimum atomic E-state index is -0.817. The molecule has 0 aliphatic carbocycles. The van der Waals surface area contributed by atoms with Gasteiger partial charge in [-0.05, 0) is 66.9 Å². The van der Waals surface area contributed by atoms with Crippen LogP contribution in [0, 0.1) is 0 Å². The van der Waals surface area contributed by atoms with E-state index in [9.17, 15) is 14.7 Å². The second kappa shape index (κ2) is 11.3. The van der Waals surface area contributed by atoms with E-state index in [0.717, 1.165) is 24.8 Å². The second-order valence-corrected chi connectivity index (χ2v) is 8.90. The number of carbonyl (C=O) groups excluding carboxylic acids is 2. The first-order valence-electron chi connectivity index (χ1n) is 11.8. The second-order valence-electron chi connectivity index (χ2n) is 8.46. The van der Waals surface area contributed by atoms with Crippen LogP contribution in [0.2, 0.25) is 5.02 Å². The maximum atomic E-state index is 13.1. The lowest BCUT2D eigenvalue weighted by Gasteiger charge is -2.23. The van der Waals surface area contributed by atoms with Crippen LogP contribution in [-0.2, 0) is 16.0 Å². The lowest BCUT2D eigenvalue weighted by molar-refractivity contribution is -0.140. The van der Waals surface area contributed by atoms with Crippen LogP contribution < -0.4 is 4.74 Å². The number of hydrogen-bond acceptors (Lipinski definition) is 5. The number of hydrogen-bond donors (Lipinski definition) is 1. The lowest BCUT2D eigenvalue weighted by atomic mass is 9.99. The Morgan fingerprint density at radius 3 is 2.46 bits per heavy atom. The summed E-state index contributed by atoms with van der Waals surface area (Å²) in [5.41, 5.74) is 1.42. The summed E-state index contributed by atoms with van der Waals surface area (Å²) in [6.45, 7) is 3.03. The number of aliphatic hydroxyl groups excluding tert-OH is 1. The third-order valence-electron chi connectivity index (χ3n) is 6.05. The number of ketones is 1. The Balaban J connectivity index is 1.60. The lowest BCUT2D eigenvalue weighted by Crippen LogP contribution is -2.31. The fourth-order valence-corrected chi connectivity index (χ4v) is 4.29. The molecule has 2 aromatic carbocycles. The summed E-state index contributed by atoms with van der Waals surface area (Å²) in [6.07, 6.45) is 5.19. The molecule has 7 heteroatoms. The highest BCUT2D eigenvalue weighted by atomic mass is 35.5. The smallest absolute Gasteiger partial charge is 0.295 e. The third-order valence-corrected chi connectivity index (χ3v) is 6.30. The molecular weight excluding hydrogens is 466 g/mol. The van der Waals surface area contributed by atoms with Gasteiger partial charge >= 0.3 is 0 Å². The topological polar surface area (TPSA) is 80.0 Å². The Labute approximate surface area is 209 Å². The molecule has 35 heavy (non-hydrogen) atoms. The van der Waals surface area contributed by atoms with Crippen molar-refractivity contribution in [2.24, 2.45) is 0 Å². The van der Waals surface area contributed by atoms with Gasteiger partial charge in [-0.3, -0.25) is 9.59 Å². The van der Waals surface area contributed by atoms with Gasteiger partial charge in [-0.1, -0.05) is 43.5 Å². The first-order chi connectivity index (χ1) is 17.0. The monoisotopic (exact) mass is 493 g/mol.